The number of carboxylic acid groups (broad SMARTS) is 1. The van der Waals surface area contributed by atoms with Gasteiger partial charge in [0.2, 0.25) is 6.79 Å². The molecule has 2 aliphatic heterocycles. The fourth-order valence-electron chi connectivity index (χ4n) is 3.81. The number of para-hydroxylation sites is 1. The number of nitrogens with zero attached hydrogens (tertiary/aromatic N) is 1. The maximum Gasteiger partial charge on any atom is 0.326 e. The number of carbonyl (C=O) groups excluding carboxylic acids is 1. The number of benzene rings is 2. The van der Waals surface area contributed by atoms with Gasteiger partial charge in [0.05, 0.1) is 6.54 Å². The lowest BCUT2D eigenvalue weighted by molar-refractivity contribution is -0.142. The molecule has 0 aliphatic carbocycles. The third kappa shape index (κ3) is 2.61. The summed E-state index contributed by atoms with van der Waals surface area (Å²) in [6, 6.07) is 11.4. The van der Waals surface area contributed by atoms with Crippen molar-refractivity contribution in [3.63, 3.8) is 0 Å². The van der Waals surface area contributed by atoms with Crippen LogP contribution in [0.4, 0.5) is 10.5 Å². The van der Waals surface area contributed by atoms with Crippen LogP contribution in [0.5, 0.6) is 11.5 Å². The molecule has 3 N–H and O–H groups in total. The topological polar surface area (TPSA) is 104 Å². The number of aromatic amines is 1. The molecular formula is C20H17N3O5. The lowest BCUT2D eigenvalue weighted by Crippen LogP contribution is -2.50. The molecule has 142 valence electrons. The fraction of sp³-hybridized carbons (Fsp3) is 0.200. The number of amides is 2. The van der Waals surface area contributed by atoms with Crippen molar-refractivity contribution in [1.82, 2.24) is 9.88 Å². The second-order valence-electron chi connectivity index (χ2n) is 6.81. The Kier molecular flexibility index (Phi) is 3.65. The summed E-state index contributed by atoms with van der Waals surface area (Å²) in [5.74, 6) is 0.128. The van der Waals surface area contributed by atoms with E-state index < -0.39 is 18.0 Å². The van der Waals surface area contributed by atoms with E-state index in [0.717, 1.165) is 22.2 Å². The largest absolute Gasteiger partial charge is 0.480 e. The third-order valence-corrected chi connectivity index (χ3v) is 5.17. The minimum absolute atomic E-state index is 0.142. The molecule has 3 aromatic rings. The van der Waals surface area contributed by atoms with Gasteiger partial charge in [0, 0.05) is 34.8 Å². The summed E-state index contributed by atoms with van der Waals surface area (Å²) >= 11 is 0. The molecule has 1 unspecified atom stereocenters. The van der Waals surface area contributed by atoms with Gasteiger partial charge in [-0.1, -0.05) is 18.2 Å². The van der Waals surface area contributed by atoms with Gasteiger partial charge in [-0.05, 0) is 23.8 Å². The Morgan fingerprint density at radius 2 is 1.96 bits per heavy atom. The summed E-state index contributed by atoms with van der Waals surface area (Å²) in [6.45, 7) is 0.334. The van der Waals surface area contributed by atoms with Crippen molar-refractivity contribution in [3.8, 4) is 11.5 Å². The average Bonchev–Trinajstić information content (AvgIpc) is 3.30. The lowest BCUT2D eigenvalue weighted by atomic mass is 9.97. The number of urea groups is 1. The van der Waals surface area contributed by atoms with E-state index in [0.29, 0.717) is 17.2 Å². The first-order chi connectivity index (χ1) is 13.6. The summed E-state index contributed by atoms with van der Waals surface area (Å²) < 4.78 is 10.6. The van der Waals surface area contributed by atoms with Crippen molar-refractivity contribution in [2.24, 2.45) is 0 Å². The van der Waals surface area contributed by atoms with Crippen LogP contribution in [0.25, 0.3) is 10.9 Å². The number of nitrogens with one attached hydrogen (secondary N) is 2. The Morgan fingerprint density at radius 3 is 2.82 bits per heavy atom. The normalized spacial score (nSPS) is 17.4. The number of anilines is 1. The van der Waals surface area contributed by atoms with Crippen LogP contribution in [-0.2, 0) is 17.8 Å². The molecule has 0 saturated carbocycles. The Morgan fingerprint density at radius 1 is 1.14 bits per heavy atom. The van der Waals surface area contributed by atoms with E-state index in [1.54, 1.807) is 18.2 Å². The zero-order valence-electron chi connectivity index (χ0n) is 14.8. The predicted molar refractivity (Wildman–Crippen MR) is 101 cm³/mol. The molecule has 8 nitrogen and oxygen atoms in total. The molecule has 0 fully saturated rings. The van der Waals surface area contributed by atoms with Gasteiger partial charge in [-0.2, -0.15) is 0 Å². The van der Waals surface area contributed by atoms with E-state index in [1.807, 2.05) is 24.3 Å². The highest BCUT2D eigenvalue weighted by atomic mass is 16.7. The van der Waals surface area contributed by atoms with Crippen molar-refractivity contribution in [2.75, 3.05) is 12.1 Å². The zero-order valence-corrected chi connectivity index (χ0v) is 14.8. The fourth-order valence-corrected chi connectivity index (χ4v) is 3.81. The lowest BCUT2D eigenvalue weighted by Gasteiger charge is -2.33. The number of carboxylic acids is 1. The van der Waals surface area contributed by atoms with Gasteiger partial charge in [-0.3, -0.25) is 0 Å². The molecule has 0 spiro atoms. The molecule has 2 aromatic carbocycles. The van der Waals surface area contributed by atoms with E-state index >= 15 is 0 Å². The standard InChI is InChI=1S/C20H17N3O5/c24-19(25)16-8-13-12-3-1-2-4-14(12)22-15(13)9-23(16)20(26)21-11-5-6-17-18(7-11)28-10-27-17/h1-7,16,22H,8-10H2,(H,21,26)(H,24,25). The van der Waals surface area contributed by atoms with Crippen molar-refractivity contribution in [1.29, 1.82) is 0 Å². The Balaban J connectivity index is 1.44. The van der Waals surface area contributed by atoms with Gasteiger partial charge in [0.15, 0.2) is 11.5 Å². The van der Waals surface area contributed by atoms with Crippen molar-refractivity contribution >= 4 is 28.6 Å². The predicted octanol–water partition coefficient (Wildman–Crippen LogP) is 2.94. The molecule has 1 atom stereocenters. The maximum absolute atomic E-state index is 12.9. The number of hydrogen-bond acceptors (Lipinski definition) is 4. The minimum Gasteiger partial charge on any atom is -0.480 e. The number of fused-ring (bicyclic) bond motifs is 4. The Bertz CT molecular complexity index is 1110. The van der Waals surface area contributed by atoms with Crippen molar-refractivity contribution in [2.45, 2.75) is 19.0 Å². The summed E-state index contributed by atoms with van der Waals surface area (Å²) in [4.78, 5) is 29.4. The zero-order chi connectivity index (χ0) is 19.3. The molecule has 2 amide bonds. The molecule has 0 radical (unpaired) electrons. The highest BCUT2D eigenvalue weighted by Crippen LogP contribution is 2.35. The minimum atomic E-state index is -1.03. The molecular weight excluding hydrogens is 362 g/mol. The van der Waals surface area contributed by atoms with Gasteiger partial charge in [0.1, 0.15) is 6.04 Å². The van der Waals surface area contributed by atoms with Crippen LogP contribution in [0.2, 0.25) is 0 Å². The molecule has 2 aliphatic rings. The second-order valence-corrected chi connectivity index (χ2v) is 6.81. The first kappa shape index (κ1) is 16.5. The Labute approximate surface area is 159 Å². The average molecular weight is 379 g/mol. The molecule has 3 heterocycles. The number of rotatable bonds is 2. The van der Waals surface area contributed by atoms with E-state index in [4.69, 9.17) is 9.47 Å². The quantitative estimate of drug-likeness (QED) is 0.635. The smallest absolute Gasteiger partial charge is 0.326 e. The molecule has 0 bridgehead atoms. The summed E-state index contributed by atoms with van der Waals surface area (Å²) in [7, 11) is 0. The summed E-state index contributed by atoms with van der Waals surface area (Å²) in [6.07, 6.45) is 0.253. The highest BCUT2D eigenvalue weighted by Gasteiger charge is 2.36. The highest BCUT2D eigenvalue weighted by molar-refractivity contribution is 5.94. The number of hydrogen-bond donors (Lipinski definition) is 3. The van der Waals surface area contributed by atoms with Crippen LogP contribution in [-0.4, -0.2) is 39.8 Å². The first-order valence-electron chi connectivity index (χ1n) is 8.88. The van der Waals surface area contributed by atoms with Crippen LogP contribution >= 0.6 is 0 Å². The van der Waals surface area contributed by atoms with Gasteiger partial charge in [-0.15, -0.1) is 0 Å². The summed E-state index contributed by atoms with van der Waals surface area (Å²) in [5, 5.41) is 13.5. The van der Waals surface area contributed by atoms with E-state index in [2.05, 4.69) is 10.3 Å². The van der Waals surface area contributed by atoms with Crippen molar-refractivity contribution < 1.29 is 24.2 Å². The van der Waals surface area contributed by atoms with E-state index in [-0.39, 0.29) is 19.8 Å². The Hall–Kier alpha value is -3.68. The number of carbonyl (C=O) groups is 2. The number of aliphatic carboxylic acids is 1. The van der Waals surface area contributed by atoms with Gasteiger partial charge in [0.25, 0.3) is 0 Å². The number of H-pyrrole nitrogens is 1. The van der Waals surface area contributed by atoms with Crippen molar-refractivity contribution in [3.05, 3.63) is 53.7 Å². The molecule has 28 heavy (non-hydrogen) atoms. The second kappa shape index (κ2) is 6.19. The third-order valence-electron chi connectivity index (χ3n) is 5.17. The summed E-state index contributed by atoms with van der Waals surface area (Å²) in [5.41, 5.74) is 3.27. The van der Waals surface area contributed by atoms with E-state index in [1.165, 1.54) is 4.90 Å². The van der Waals surface area contributed by atoms with Crippen LogP contribution in [0, 0.1) is 0 Å². The molecule has 0 saturated heterocycles. The molecule has 1 aromatic heterocycles. The van der Waals surface area contributed by atoms with Crippen LogP contribution in [0.15, 0.2) is 42.5 Å². The molecule has 5 rings (SSSR count). The maximum atomic E-state index is 12.9. The molecule has 8 heteroatoms. The first-order valence-corrected chi connectivity index (χ1v) is 8.88. The van der Waals surface area contributed by atoms with Gasteiger partial charge >= 0.3 is 12.0 Å². The van der Waals surface area contributed by atoms with Gasteiger partial charge in [-0.25, -0.2) is 9.59 Å². The SMILES string of the molecule is O=C(O)C1Cc2c([nH]c3ccccc23)CN1C(=O)Nc1ccc2c(c1)OCO2. The monoisotopic (exact) mass is 379 g/mol. The van der Waals surface area contributed by atoms with Gasteiger partial charge < -0.3 is 29.8 Å². The van der Waals surface area contributed by atoms with Crippen LogP contribution in [0.1, 0.15) is 11.3 Å². The van der Waals surface area contributed by atoms with Crippen LogP contribution < -0.4 is 14.8 Å². The number of aromatic nitrogens is 1. The number of ether oxygens (including phenoxy) is 2. The van der Waals surface area contributed by atoms with Crippen LogP contribution in [0.3, 0.4) is 0 Å². The van der Waals surface area contributed by atoms with E-state index in [9.17, 15) is 14.7 Å².